The minimum absolute atomic E-state index is 0.0536. The standard InChI is InChI=1S/C23H25FN4O3/c1-16-19-15-17(24)7-8-20(19)31-22(16)23(30)26-25-21(29)9-10-27-11-13-28(14-12-27)18-5-3-2-4-6-18/h2-8,15H,9-14H2,1H3,(H,25,29)(H,26,30). The van der Waals surface area contributed by atoms with Gasteiger partial charge in [-0.3, -0.25) is 25.3 Å². The SMILES string of the molecule is Cc1c(C(=O)NNC(=O)CCN2CCN(c3ccccc3)CC2)oc2ccc(F)cc12. The molecule has 3 aromatic rings. The zero-order valence-electron chi connectivity index (χ0n) is 17.4. The number of amides is 2. The van der Waals surface area contributed by atoms with Crippen molar-refractivity contribution in [2.45, 2.75) is 13.3 Å². The number of fused-ring (bicyclic) bond motifs is 1. The third-order valence-electron chi connectivity index (χ3n) is 5.57. The maximum absolute atomic E-state index is 13.4. The number of hydrogen-bond acceptors (Lipinski definition) is 5. The van der Waals surface area contributed by atoms with Gasteiger partial charge in [0, 0.05) is 55.8 Å². The molecule has 0 bridgehead atoms. The third kappa shape index (κ3) is 4.86. The average Bonchev–Trinajstić information content (AvgIpc) is 3.13. The quantitative estimate of drug-likeness (QED) is 0.616. The summed E-state index contributed by atoms with van der Waals surface area (Å²) in [5.41, 5.74) is 6.97. The number of rotatable bonds is 5. The van der Waals surface area contributed by atoms with Crippen molar-refractivity contribution in [3.63, 3.8) is 0 Å². The van der Waals surface area contributed by atoms with Crippen LogP contribution in [0.2, 0.25) is 0 Å². The fourth-order valence-electron chi connectivity index (χ4n) is 3.78. The summed E-state index contributed by atoms with van der Waals surface area (Å²) >= 11 is 0. The number of furan rings is 1. The number of nitrogens with zero attached hydrogens (tertiary/aromatic N) is 2. The van der Waals surface area contributed by atoms with Gasteiger partial charge in [-0.1, -0.05) is 18.2 Å². The highest BCUT2D eigenvalue weighted by Gasteiger charge is 2.20. The lowest BCUT2D eigenvalue weighted by molar-refractivity contribution is -0.122. The summed E-state index contributed by atoms with van der Waals surface area (Å²) in [4.78, 5) is 29.1. The Morgan fingerprint density at radius 2 is 1.77 bits per heavy atom. The van der Waals surface area contributed by atoms with Crippen LogP contribution in [0.1, 0.15) is 22.5 Å². The van der Waals surface area contributed by atoms with Crippen LogP contribution in [0.4, 0.5) is 10.1 Å². The summed E-state index contributed by atoms with van der Waals surface area (Å²) < 4.78 is 18.9. The van der Waals surface area contributed by atoms with Gasteiger partial charge >= 0.3 is 5.91 Å². The summed E-state index contributed by atoms with van der Waals surface area (Å²) in [5, 5.41) is 0.533. The summed E-state index contributed by atoms with van der Waals surface area (Å²) in [5.74, 6) is -1.20. The van der Waals surface area contributed by atoms with Gasteiger partial charge in [0.15, 0.2) is 5.76 Å². The number of carbonyl (C=O) groups excluding carboxylic acids is 2. The van der Waals surface area contributed by atoms with Gasteiger partial charge in [0.05, 0.1) is 0 Å². The van der Waals surface area contributed by atoms with Crippen molar-refractivity contribution in [1.29, 1.82) is 0 Å². The maximum Gasteiger partial charge on any atom is 0.305 e. The van der Waals surface area contributed by atoms with Crippen LogP contribution in [0.25, 0.3) is 11.0 Å². The highest BCUT2D eigenvalue weighted by Crippen LogP contribution is 2.25. The molecule has 0 unspecified atom stereocenters. The largest absolute Gasteiger partial charge is 0.451 e. The molecular weight excluding hydrogens is 399 g/mol. The number of anilines is 1. The molecule has 2 aromatic carbocycles. The van der Waals surface area contributed by atoms with Crippen LogP contribution in [0.3, 0.4) is 0 Å². The predicted molar refractivity (Wildman–Crippen MR) is 116 cm³/mol. The Morgan fingerprint density at radius 1 is 1.03 bits per heavy atom. The molecule has 0 aliphatic carbocycles. The Hall–Kier alpha value is -3.39. The Bertz CT molecular complexity index is 1080. The highest BCUT2D eigenvalue weighted by atomic mass is 19.1. The van der Waals surface area contributed by atoms with E-state index in [9.17, 15) is 14.0 Å². The number of carbonyl (C=O) groups is 2. The van der Waals surface area contributed by atoms with E-state index in [-0.39, 0.29) is 18.1 Å². The van der Waals surface area contributed by atoms with Crippen molar-refractivity contribution >= 4 is 28.5 Å². The van der Waals surface area contributed by atoms with Gasteiger partial charge in [-0.15, -0.1) is 0 Å². The van der Waals surface area contributed by atoms with Gasteiger partial charge in [-0.25, -0.2) is 4.39 Å². The van der Waals surface area contributed by atoms with Crippen LogP contribution < -0.4 is 15.8 Å². The van der Waals surface area contributed by atoms with E-state index in [1.807, 2.05) is 18.2 Å². The fraction of sp³-hybridized carbons (Fsp3) is 0.304. The van der Waals surface area contributed by atoms with E-state index in [2.05, 4.69) is 32.8 Å². The number of nitrogens with one attached hydrogen (secondary N) is 2. The van der Waals surface area contributed by atoms with Gasteiger partial charge in [-0.2, -0.15) is 0 Å². The fourth-order valence-corrected chi connectivity index (χ4v) is 3.78. The molecule has 0 spiro atoms. The zero-order valence-corrected chi connectivity index (χ0v) is 17.4. The minimum Gasteiger partial charge on any atom is -0.451 e. The first-order valence-corrected chi connectivity index (χ1v) is 10.3. The van der Waals surface area contributed by atoms with Gasteiger partial charge in [0.2, 0.25) is 5.91 Å². The van der Waals surface area contributed by atoms with E-state index in [1.165, 1.54) is 23.9 Å². The van der Waals surface area contributed by atoms with Crippen molar-refractivity contribution in [1.82, 2.24) is 15.8 Å². The van der Waals surface area contributed by atoms with Gasteiger partial charge in [0.1, 0.15) is 11.4 Å². The van der Waals surface area contributed by atoms with Gasteiger partial charge in [0.25, 0.3) is 0 Å². The normalized spacial score (nSPS) is 14.6. The molecule has 8 heteroatoms. The lowest BCUT2D eigenvalue weighted by Gasteiger charge is -2.36. The number of hydrogen-bond donors (Lipinski definition) is 2. The molecule has 0 atom stereocenters. The topological polar surface area (TPSA) is 77.8 Å². The number of piperazine rings is 1. The molecule has 162 valence electrons. The van der Waals surface area contributed by atoms with Crippen LogP contribution in [-0.4, -0.2) is 49.4 Å². The Morgan fingerprint density at radius 3 is 2.52 bits per heavy atom. The summed E-state index contributed by atoms with van der Waals surface area (Å²) in [7, 11) is 0. The second-order valence-corrected chi connectivity index (χ2v) is 7.61. The molecule has 1 aliphatic heterocycles. The van der Waals surface area contributed by atoms with Crippen LogP contribution in [0.5, 0.6) is 0 Å². The van der Waals surface area contributed by atoms with Crippen LogP contribution >= 0.6 is 0 Å². The van der Waals surface area contributed by atoms with Crippen molar-refractivity contribution in [2.24, 2.45) is 0 Å². The monoisotopic (exact) mass is 424 g/mol. The highest BCUT2D eigenvalue weighted by molar-refractivity contribution is 5.99. The van der Waals surface area contributed by atoms with E-state index in [4.69, 9.17) is 4.42 Å². The van der Waals surface area contributed by atoms with Gasteiger partial charge < -0.3 is 9.32 Å². The first-order chi connectivity index (χ1) is 15.0. The van der Waals surface area contributed by atoms with Crippen molar-refractivity contribution in [3.8, 4) is 0 Å². The maximum atomic E-state index is 13.4. The summed E-state index contributed by atoms with van der Waals surface area (Å²) in [6.07, 6.45) is 0.274. The number of hydrazine groups is 1. The lowest BCUT2D eigenvalue weighted by Crippen LogP contribution is -2.48. The van der Waals surface area contributed by atoms with Crippen LogP contribution in [0, 0.1) is 12.7 Å². The molecule has 0 radical (unpaired) electrons. The van der Waals surface area contributed by atoms with E-state index < -0.39 is 11.7 Å². The number of halogens is 1. The molecule has 4 rings (SSSR count). The average molecular weight is 424 g/mol. The molecule has 1 aliphatic rings. The number of benzene rings is 2. The first-order valence-electron chi connectivity index (χ1n) is 10.3. The minimum atomic E-state index is -0.570. The molecule has 7 nitrogen and oxygen atoms in total. The zero-order chi connectivity index (χ0) is 21.8. The molecule has 1 aromatic heterocycles. The molecule has 2 amide bonds. The van der Waals surface area contributed by atoms with Crippen LogP contribution in [-0.2, 0) is 4.79 Å². The van der Waals surface area contributed by atoms with Crippen molar-refractivity contribution < 1.29 is 18.4 Å². The smallest absolute Gasteiger partial charge is 0.305 e. The number of aryl methyl sites for hydroxylation is 1. The van der Waals surface area contributed by atoms with E-state index in [0.717, 1.165) is 26.2 Å². The van der Waals surface area contributed by atoms with E-state index in [1.54, 1.807) is 6.92 Å². The molecule has 31 heavy (non-hydrogen) atoms. The van der Waals surface area contributed by atoms with Crippen molar-refractivity contribution in [3.05, 3.63) is 65.7 Å². The molecule has 2 N–H and O–H groups in total. The molecule has 1 fully saturated rings. The second-order valence-electron chi connectivity index (χ2n) is 7.61. The van der Waals surface area contributed by atoms with Gasteiger partial charge in [-0.05, 0) is 37.3 Å². The Balaban J connectivity index is 1.22. The van der Waals surface area contributed by atoms with Crippen LogP contribution in [0.15, 0.2) is 52.9 Å². The second kappa shape index (κ2) is 9.18. The number of para-hydroxylation sites is 1. The molecule has 1 saturated heterocycles. The third-order valence-corrected chi connectivity index (χ3v) is 5.57. The van der Waals surface area contributed by atoms with E-state index >= 15 is 0 Å². The van der Waals surface area contributed by atoms with Crippen molar-refractivity contribution in [2.75, 3.05) is 37.6 Å². The molecular formula is C23H25FN4O3. The Labute approximate surface area is 179 Å². The Kier molecular flexibility index (Phi) is 6.18. The predicted octanol–water partition coefficient (Wildman–Crippen LogP) is 2.85. The van der Waals surface area contributed by atoms with E-state index in [0.29, 0.717) is 23.1 Å². The first kappa shape index (κ1) is 20.9. The molecule has 0 saturated carbocycles. The summed E-state index contributed by atoms with van der Waals surface area (Å²) in [6.45, 7) is 5.87. The molecule has 2 heterocycles. The lowest BCUT2D eigenvalue weighted by atomic mass is 10.1. The summed E-state index contributed by atoms with van der Waals surface area (Å²) in [6, 6.07) is 14.3.